The van der Waals surface area contributed by atoms with Gasteiger partial charge in [-0.2, -0.15) is 0 Å². The fraction of sp³-hybridized carbons (Fsp3) is 0.238. The zero-order chi connectivity index (χ0) is 19.1. The lowest BCUT2D eigenvalue weighted by Crippen LogP contribution is -2.05. The van der Waals surface area contributed by atoms with Crippen molar-refractivity contribution in [1.29, 1.82) is 0 Å². The molecule has 2 rings (SSSR count). The fourth-order valence-electron chi connectivity index (χ4n) is 2.59. The van der Waals surface area contributed by atoms with Gasteiger partial charge in [-0.3, -0.25) is 9.59 Å². The van der Waals surface area contributed by atoms with E-state index >= 15 is 0 Å². The molecule has 0 aliphatic heterocycles. The van der Waals surface area contributed by atoms with Gasteiger partial charge in [-0.15, -0.1) is 0 Å². The maximum Gasteiger partial charge on any atom is 0.221 e. The summed E-state index contributed by atoms with van der Waals surface area (Å²) in [6.45, 7) is 5.39. The van der Waals surface area contributed by atoms with Crippen LogP contribution in [0.5, 0.6) is 11.5 Å². The second-order valence-electron chi connectivity index (χ2n) is 5.73. The van der Waals surface area contributed by atoms with Crippen LogP contribution in [0.3, 0.4) is 0 Å². The molecule has 0 spiro atoms. The van der Waals surface area contributed by atoms with Crippen molar-refractivity contribution in [3.8, 4) is 11.5 Å². The largest absolute Gasteiger partial charge is 0.493 e. The van der Waals surface area contributed by atoms with E-state index in [0.29, 0.717) is 23.8 Å². The van der Waals surface area contributed by atoms with E-state index < -0.39 is 0 Å². The summed E-state index contributed by atoms with van der Waals surface area (Å²) < 4.78 is 11.0. The smallest absolute Gasteiger partial charge is 0.221 e. The molecule has 5 nitrogen and oxygen atoms in total. The molecule has 5 heteroatoms. The van der Waals surface area contributed by atoms with Crippen molar-refractivity contribution < 1.29 is 19.1 Å². The first-order chi connectivity index (χ1) is 12.4. The van der Waals surface area contributed by atoms with E-state index in [4.69, 9.17) is 9.47 Å². The highest BCUT2D eigenvalue weighted by Crippen LogP contribution is 2.33. The molecule has 0 saturated carbocycles. The minimum absolute atomic E-state index is 0.0558. The molecule has 136 valence electrons. The quantitative estimate of drug-likeness (QED) is 0.762. The maximum absolute atomic E-state index is 11.8. The van der Waals surface area contributed by atoms with E-state index in [0.717, 1.165) is 16.7 Å². The van der Waals surface area contributed by atoms with Gasteiger partial charge in [0.05, 0.1) is 13.7 Å². The van der Waals surface area contributed by atoms with E-state index in [1.165, 1.54) is 13.8 Å². The monoisotopic (exact) mass is 353 g/mol. The number of anilines is 1. The van der Waals surface area contributed by atoms with Crippen LogP contribution < -0.4 is 14.8 Å². The zero-order valence-corrected chi connectivity index (χ0v) is 15.5. The average Bonchev–Trinajstić information content (AvgIpc) is 2.60. The molecule has 0 bridgehead atoms. The Balaban J connectivity index is 2.47. The van der Waals surface area contributed by atoms with Gasteiger partial charge in [0.25, 0.3) is 0 Å². The lowest BCUT2D eigenvalue weighted by atomic mass is 9.96. The van der Waals surface area contributed by atoms with Crippen LogP contribution in [0.2, 0.25) is 0 Å². The van der Waals surface area contributed by atoms with Gasteiger partial charge in [-0.25, -0.2) is 0 Å². The summed E-state index contributed by atoms with van der Waals surface area (Å²) in [5, 5.41) is 2.73. The van der Waals surface area contributed by atoms with E-state index in [2.05, 4.69) is 5.32 Å². The van der Waals surface area contributed by atoms with E-state index in [1.54, 1.807) is 25.3 Å². The van der Waals surface area contributed by atoms with Crippen molar-refractivity contribution in [1.82, 2.24) is 0 Å². The van der Waals surface area contributed by atoms with Crippen molar-refractivity contribution in [3.63, 3.8) is 0 Å². The van der Waals surface area contributed by atoms with Crippen molar-refractivity contribution in [2.24, 2.45) is 0 Å². The van der Waals surface area contributed by atoms with Crippen molar-refractivity contribution in [3.05, 3.63) is 59.7 Å². The van der Waals surface area contributed by atoms with Gasteiger partial charge in [-0.1, -0.05) is 18.2 Å². The number of hydrogen-bond acceptors (Lipinski definition) is 4. The molecule has 2 aromatic rings. The van der Waals surface area contributed by atoms with Crippen LogP contribution >= 0.6 is 0 Å². The van der Waals surface area contributed by atoms with E-state index in [9.17, 15) is 9.59 Å². The minimum Gasteiger partial charge on any atom is -0.493 e. The molecule has 0 aromatic heterocycles. The van der Waals surface area contributed by atoms with Crippen molar-refractivity contribution in [2.75, 3.05) is 19.0 Å². The van der Waals surface area contributed by atoms with Crippen LogP contribution in [-0.4, -0.2) is 25.4 Å². The number of carbonyl (C=O) groups is 2. The Labute approximate surface area is 153 Å². The molecule has 0 heterocycles. The molecular weight excluding hydrogens is 330 g/mol. The normalized spacial score (nSPS) is 11.0. The lowest BCUT2D eigenvalue weighted by Gasteiger charge is -2.14. The van der Waals surface area contributed by atoms with E-state index in [-0.39, 0.29) is 11.7 Å². The average molecular weight is 353 g/mol. The SMILES string of the molecule is CCOc1cc(C(=CC(C)=O)c2ccc(NC(C)=O)cc2)ccc1OC. The Bertz CT molecular complexity index is 822. The fourth-order valence-corrected chi connectivity index (χ4v) is 2.59. The van der Waals surface area contributed by atoms with Crippen LogP contribution in [0, 0.1) is 0 Å². The maximum atomic E-state index is 11.8. The van der Waals surface area contributed by atoms with Gasteiger partial charge >= 0.3 is 0 Å². The van der Waals surface area contributed by atoms with Crippen molar-refractivity contribution >= 4 is 23.0 Å². The van der Waals surface area contributed by atoms with Gasteiger partial charge in [-0.05, 0) is 60.9 Å². The summed E-state index contributed by atoms with van der Waals surface area (Å²) in [6, 6.07) is 12.9. The Morgan fingerprint density at radius 3 is 2.19 bits per heavy atom. The van der Waals surface area contributed by atoms with Gasteiger partial charge in [0, 0.05) is 12.6 Å². The molecule has 0 saturated heterocycles. The standard InChI is InChI=1S/C21H23NO4/c1-5-26-21-13-17(8-11-20(21)25-4)19(12-14(2)23)16-6-9-18(10-7-16)22-15(3)24/h6-13H,5H2,1-4H3,(H,22,24). The number of carbonyl (C=O) groups excluding carboxylic acids is 2. The summed E-state index contributed by atoms with van der Waals surface area (Å²) in [5.41, 5.74) is 3.18. The summed E-state index contributed by atoms with van der Waals surface area (Å²) in [4.78, 5) is 22.9. The summed E-state index contributed by atoms with van der Waals surface area (Å²) in [6.07, 6.45) is 1.59. The number of nitrogens with one attached hydrogen (secondary N) is 1. The van der Waals surface area contributed by atoms with Crippen LogP contribution in [0.1, 0.15) is 31.9 Å². The number of hydrogen-bond donors (Lipinski definition) is 1. The topological polar surface area (TPSA) is 64.6 Å². The number of amides is 1. The molecular formula is C21H23NO4. The molecule has 0 atom stereocenters. The molecule has 1 N–H and O–H groups in total. The van der Waals surface area contributed by atoms with E-state index in [1.807, 2.05) is 37.3 Å². The summed E-state index contributed by atoms with van der Waals surface area (Å²) in [7, 11) is 1.59. The number of allylic oxidation sites excluding steroid dienone is 1. The Morgan fingerprint density at radius 2 is 1.65 bits per heavy atom. The lowest BCUT2D eigenvalue weighted by molar-refractivity contribution is -0.114. The predicted molar refractivity (Wildman–Crippen MR) is 103 cm³/mol. The van der Waals surface area contributed by atoms with Crippen LogP contribution in [0.25, 0.3) is 5.57 Å². The van der Waals surface area contributed by atoms with Crippen LogP contribution in [-0.2, 0) is 9.59 Å². The highest BCUT2D eigenvalue weighted by Gasteiger charge is 2.11. The number of methoxy groups -OCH3 is 1. The first-order valence-corrected chi connectivity index (χ1v) is 8.36. The molecule has 0 fully saturated rings. The third kappa shape index (κ3) is 4.96. The summed E-state index contributed by atoms with van der Waals surface area (Å²) >= 11 is 0. The highest BCUT2D eigenvalue weighted by atomic mass is 16.5. The Morgan fingerprint density at radius 1 is 1.00 bits per heavy atom. The number of rotatable bonds is 7. The van der Waals surface area contributed by atoms with Gasteiger partial charge in [0.15, 0.2) is 17.3 Å². The second kappa shape index (κ2) is 8.85. The molecule has 2 aromatic carbocycles. The first kappa shape index (κ1) is 19.2. The Kier molecular flexibility index (Phi) is 6.55. The summed E-state index contributed by atoms with van der Waals surface area (Å²) in [5.74, 6) is 1.07. The molecule has 0 radical (unpaired) electrons. The second-order valence-corrected chi connectivity index (χ2v) is 5.73. The number of ether oxygens (including phenoxy) is 2. The molecule has 0 aliphatic carbocycles. The zero-order valence-electron chi connectivity index (χ0n) is 15.5. The minimum atomic E-state index is -0.131. The van der Waals surface area contributed by atoms with Crippen molar-refractivity contribution in [2.45, 2.75) is 20.8 Å². The predicted octanol–water partition coefficient (Wildman–Crippen LogP) is 4.07. The highest BCUT2D eigenvalue weighted by molar-refractivity contribution is 5.99. The van der Waals surface area contributed by atoms with Gasteiger partial charge < -0.3 is 14.8 Å². The van der Waals surface area contributed by atoms with Gasteiger partial charge in [0.1, 0.15) is 0 Å². The third-order valence-electron chi connectivity index (χ3n) is 3.64. The molecule has 26 heavy (non-hydrogen) atoms. The Hall–Kier alpha value is -3.08. The van der Waals surface area contributed by atoms with Crippen LogP contribution in [0.4, 0.5) is 5.69 Å². The van der Waals surface area contributed by atoms with Crippen LogP contribution in [0.15, 0.2) is 48.5 Å². The van der Waals surface area contributed by atoms with Gasteiger partial charge in [0.2, 0.25) is 5.91 Å². The molecule has 0 aliphatic rings. The number of ketones is 1. The molecule has 0 unspecified atom stereocenters. The third-order valence-corrected chi connectivity index (χ3v) is 3.64. The number of benzene rings is 2. The first-order valence-electron chi connectivity index (χ1n) is 8.36. The molecule has 1 amide bonds.